The molecule has 1 saturated carbocycles. The third kappa shape index (κ3) is 6.39. The van der Waals surface area contributed by atoms with Crippen molar-refractivity contribution >= 4 is 55.8 Å². The van der Waals surface area contributed by atoms with Crippen molar-refractivity contribution in [3.8, 4) is 11.8 Å². The first-order valence-electron chi connectivity index (χ1n) is 17.2. The molecule has 4 bridgehead atoms. The number of amides is 1. The second-order valence-electron chi connectivity index (χ2n) is 14.4. The zero-order chi connectivity index (χ0) is 36.5. The number of piperazine rings is 1. The van der Waals surface area contributed by atoms with Gasteiger partial charge in [-0.05, 0) is 60.7 Å². The Morgan fingerprint density at radius 1 is 1.06 bits per heavy atom. The minimum Gasteiger partial charge on any atom is -0.508 e. The van der Waals surface area contributed by atoms with Crippen molar-refractivity contribution in [1.82, 2.24) is 24.8 Å². The summed E-state index contributed by atoms with van der Waals surface area (Å²) in [7, 11) is 0. The van der Waals surface area contributed by atoms with Gasteiger partial charge in [-0.2, -0.15) is 27.5 Å². The van der Waals surface area contributed by atoms with Gasteiger partial charge in [0.05, 0.1) is 18.7 Å². The fourth-order valence-electron chi connectivity index (χ4n) is 7.76. The number of pyridine rings is 1. The number of anilines is 1. The van der Waals surface area contributed by atoms with Crippen molar-refractivity contribution in [2.45, 2.75) is 63.5 Å². The molecule has 7 heterocycles. The van der Waals surface area contributed by atoms with Crippen LogP contribution in [0.1, 0.15) is 39.0 Å². The average molecular weight is 727 g/mol. The molecule has 0 spiro atoms. The van der Waals surface area contributed by atoms with E-state index >= 15 is 8.78 Å². The molecular formula is C36H34F6N7O3+. The number of rotatable bonds is 7. The molecule has 1 N–H and O–H groups in total. The van der Waals surface area contributed by atoms with Crippen LogP contribution in [-0.2, 0) is 4.79 Å². The molecule has 1 amide bonds. The second-order valence-corrected chi connectivity index (χ2v) is 14.4. The number of carbonyl (C=O) groups is 1. The predicted octanol–water partition coefficient (Wildman–Crippen LogP) is 5.45. The third-order valence-electron chi connectivity index (χ3n) is 10.5. The van der Waals surface area contributed by atoms with E-state index in [0.717, 1.165) is 32.2 Å². The second kappa shape index (κ2) is 12.6. The predicted molar refractivity (Wildman–Crippen MR) is 178 cm³/mol. The maximum Gasteiger partial charge on any atom is 0.440 e. The van der Waals surface area contributed by atoms with Gasteiger partial charge < -0.3 is 24.5 Å². The summed E-state index contributed by atoms with van der Waals surface area (Å²) in [5.74, 6) is -1.13. The average Bonchev–Trinajstić information content (AvgIpc) is 3.86. The smallest absolute Gasteiger partial charge is 0.440 e. The molecule has 5 aliphatic rings. The van der Waals surface area contributed by atoms with Gasteiger partial charge >= 0.3 is 17.8 Å². The van der Waals surface area contributed by atoms with Gasteiger partial charge in [-0.1, -0.05) is 6.07 Å². The SMILES string of the molecule is CC(F)(F)F.O=CN1C2CC1CN(c1nc(OCC3(CN4CCC(F)CC4)CC3)nc3c(F)c4nc([n+]#cc5c(F)ccc6cc(O)cc4c65)c13)C2. The molecule has 2 aromatic carbocycles. The number of benzene rings is 2. The van der Waals surface area contributed by atoms with Crippen molar-refractivity contribution in [2.75, 3.05) is 44.2 Å². The summed E-state index contributed by atoms with van der Waals surface area (Å²) in [5.41, 5.74) is -0.241. The van der Waals surface area contributed by atoms with E-state index in [-0.39, 0.29) is 69.0 Å². The van der Waals surface area contributed by atoms with Gasteiger partial charge in [0.25, 0.3) is 0 Å². The van der Waals surface area contributed by atoms with Crippen LogP contribution < -0.4 is 14.6 Å². The number of carbonyl (C=O) groups excluding carboxylic acids is 1. The number of likely N-dealkylation sites (tertiary alicyclic amines) is 1. The maximum absolute atomic E-state index is 16.9. The highest BCUT2D eigenvalue weighted by Crippen LogP contribution is 2.47. The number of piperidine rings is 2. The standard InChI is InChI=1S/C34H30F3N7O3.C2H3F3/c35-19-3-7-42(8-4-19)15-34(5-6-34)16-47-33-40-30-27(32(41-33)43-13-20-10-21(14-43)44(20)17-45)31-38-12-24-25(36)2-1-18-9-22(46)11-23(26(18)24)29(39-31)28(30)37;1-2(3,4)5/h1-2,9,11,17,19-21H,3-8,10,13-16H2;1H3/p+1. The Kier molecular flexibility index (Phi) is 8.31. The number of halogens is 6. The van der Waals surface area contributed by atoms with Crippen LogP contribution in [-0.4, -0.2) is 100 Å². The highest BCUT2D eigenvalue weighted by molar-refractivity contribution is 6.16. The Balaban J connectivity index is 0.000000727. The summed E-state index contributed by atoms with van der Waals surface area (Å²) in [4.78, 5) is 36.1. The molecular weight excluding hydrogens is 692 g/mol. The molecule has 0 radical (unpaired) electrons. The summed E-state index contributed by atoms with van der Waals surface area (Å²) in [6.07, 6.45) is 2.78. The number of alkyl halides is 4. The Bertz CT molecular complexity index is 2190. The monoisotopic (exact) mass is 726 g/mol. The fourth-order valence-corrected chi connectivity index (χ4v) is 7.76. The Hall–Kier alpha value is -4.91. The van der Waals surface area contributed by atoms with E-state index in [4.69, 9.17) is 9.72 Å². The zero-order valence-corrected chi connectivity index (χ0v) is 28.1. The molecule has 5 fully saturated rings. The first kappa shape index (κ1) is 34.2. The number of aromatic nitrogens is 4. The molecule has 2 unspecified atom stereocenters. The zero-order valence-electron chi connectivity index (χ0n) is 28.1. The number of fused-ring (bicyclic) bond motifs is 7. The topological polar surface area (TPSA) is 109 Å². The molecule has 272 valence electrons. The van der Waals surface area contributed by atoms with Crippen molar-refractivity contribution < 1.29 is 46.0 Å². The summed E-state index contributed by atoms with van der Waals surface area (Å²) < 4.78 is 83.1. The van der Waals surface area contributed by atoms with Crippen LogP contribution in [0.2, 0.25) is 0 Å². The summed E-state index contributed by atoms with van der Waals surface area (Å²) in [5, 5.41) is 11.8. The lowest BCUT2D eigenvalue weighted by molar-refractivity contribution is -0.260. The number of hydrogen-bond acceptors (Lipinski definition) is 8. The largest absolute Gasteiger partial charge is 0.508 e. The third-order valence-corrected chi connectivity index (χ3v) is 10.5. The van der Waals surface area contributed by atoms with E-state index in [1.807, 2.05) is 4.90 Å². The maximum atomic E-state index is 16.9. The minimum absolute atomic E-state index is 0.00671. The van der Waals surface area contributed by atoms with Crippen LogP contribution in [0.25, 0.3) is 43.6 Å². The quantitative estimate of drug-likeness (QED) is 0.173. The van der Waals surface area contributed by atoms with Crippen LogP contribution in [0.4, 0.5) is 32.2 Å². The molecule has 4 saturated heterocycles. The summed E-state index contributed by atoms with van der Waals surface area (Å²) in [6.45, 7) is 3.67. The van der Waals surface area contributed by atoms with E-state index in [1.165, 1.54) is 24.3 Å². The van der Waals surface area contributed by atoms with Gasteiger partial charge in [0.1, 0.15) is 28.6 Å². The first-order valence-corrected chi connectivity index (χ1v) is 17.2. The number of hydrogen-bond donors (Lipinski definition) is 1. The number of nitrogens with zero attached hydrogens (tertiary/aromatic N) is 7. The molecule has 5 aromatic rings. The first-order chi connectivity index (χ1) is 24.8. The lowest BCUT2D eigenvalue weighted by Crippen LogP contribution is -2.68. The minimum atomic E-state index is -4.00. The van der Waals surface area contributed by atoms with Gasteiger partial charge in [0.2, 0.25) is 17.7 Å². The van der Waals surface area contributed by atoms with Crippen LogP contribution in [0.15, 0.2) is 24.3 Å². The molecule has 4 aliphatic heterocycles. The lowest BCUT2D eigenvalue weighted by Gasteiger charge is -2.54. The van der Waals surface area contributed by atoms with E-state index in [2.05, 4.69) is 26.0 Å². The molecule has 1 aliphatic carbocycles. The summed E-state index contributed by atoms with van der Waals surface area (Å²) >= 11 is 0. The van der Waals surface area contributed by atoms with E-state index in [9.17, 15) is 27.5 Å². The van der Waals surface area contributed by atoms with Gasteiger partial charge in [-0.3, -0.25) is 4.79 Å². The van der Waals surface area contributed by atoms with E-state index in [1.54, 1.807) is 4.90 Å². The van der Waals surface area contributed by atoms with Crippen LogP contribution in [0.3, 0.4) is 0 Å². The lowest BCUT2D eigenvalue weighted by atomic mass is 9.88. The Labute approximate surface area is 293 Å². The molecule has 10 rings (SSSR count). The fraction of sp³-hybridized carbons (Fsp3) is 0.472. The van der Waals surface area contributed by atoms with Gasteiger partial charge in [-0.25, -0.2) is 8.78 Å². The van der Waals surface area contributed by atoms with Crippen molar-refractivity contribution in [2.24, 2.45) is 5.41 Å². The molecule has 2 atom stereocenters. The normalized spacial score (nSPS) is 21.5. The van der Waals surface area contributed by atoms with E-state index < -0.39 is 24.0 Å². The summed E-state index contributed by atoms with van der Waals surface area (Å²) in [6, 6.07) is 5.56. The van der Waals surface area contributed by atoms with Gasteiger partial charge in [0, 0.05) is 55.8 Å². The molecule has 3 aromatic heterocycles. The van der Waals surface area contributed by atoms with Crippen molar-refractivity contribution in [3.05, 3.63) is 42.1 Å². The highest BCUT2D eigenvalue weighted by Gasteiger charge is 2.47. The number of aromatic hydroxyl groups is 1. The van der Waals surface area contributed by atoms with Crippen molar-refractivity contribution in [3.63, 3.8) is 0 Å². The van der Waals surface area contributed by atoms with Crippen LogP contribution in [0, 0.1) is 23.2 Å². The molecule has 10 nitrogen and oxygen atoms in total. The highest BCUT2D eigenvalue weighted by atomic mass is 19.4. The Morgan fingerprint density at radius 2 is 1.77 bits per heavy atom. The van der Waals surface area contributed by atoms with Gasteiger partial charge in [-0.15, -0.1) is 4.98 Å². The molecule has 52 heavy (non-hydrogen) atoms. The van der Waals surface area contributed by atoms with Crippen molar-refractivity contribution in [1.29, 1.82) is 0 Å². The van der Waals surface area contributed by atoms with E-state index in [0.29, 0.717) is 62.2 Å². The number of ether oxygens (including phenoxy) is 1. The van der Waals surface area contributed by atoms with Crippen LogP contribution in [0.5, 0.6) is 11.8 Å². The number of phenols is 1. The van der Waals surface area contributed by atoms with Crippen LogP contribution >= 0.6 is 0 Å². The number of phenolic OH excluding ortho intramolecular Hbond substituents is 1. The van der Waals surface area contributed by atoms with Gasteiger partial charge in [0.15, 0.2) is 17.4 Å². The Morgan fingerprint density at radius 3 is 2.44 bits per heavy atom. The molecule has 16 heteroatoms.